The molecule has 2 heteroatoms. The van der Waals surface area contributed by atoms with Crippen LogP contribution in [0.4, 0.5) is 0 Å². The number of allylic oxidation sites excluding steroid dienone is 6. The normalized spacial score (nSPS) is 19.2. The maximum Gasteiger partial charge on any atom is 0.204 e. The molecule has 0 amide bonds. The molecule has 0 heterocycles. The molecule has 1 atom stereocenters. The number of ether oxygens (including phenoxy) is 1. The molecule has 0 aromatic rings. The number of rotatable bonds is 5. The van der Waals surface area contributed by atoms with Crippen LogP contribution in [-0.4, -0.2) is 11.4 Å². The van der Waals surface area contributed by atoms with Crippen molar-refractivity contribution in [1.29, 1.82) is 0 Å². The van der Waals surface area contributed by atoms with Gasteiger partial charge in [0.15, 0.2) is 5.76 Å². The van der Waals surface area contributed by atoms with Gasteiger partial charge in [-0.1, -0.05) is 30.4 Å². The monoisotopic (exact) mass is 246 g/mol. The van der Waals surface area contributed by atoms with Crippen molar-refractivity contribution in [2.24, 2.45) is 5.92 Å². The summed E-state index contributed by atoms with van der Waals surface area (Å²) in [6.07, 6.45) is 10.0. The van der Waals surface area contributed by atoms with E-state index in [1.54, 1.807) is 12.2 Å². The zero-order valence-electron chi connectivity index (χ0n) is 11.7. The van der Waals surface area contributed by atoms with Crippen LogP contribution in [0.5, 0.6) is 0 Å². The fourth-order valence-corrected chi connectivity index (χ4v) is 1.59. The van der Waals surface area contributed by atoms with Gasteiger partial charge >= 0.3 is 0 Å². The van der Waals surface area contributed by atoms with E-state index in [0.29, 0.717) is 5.76 Å². The Morgan fingerprint density at radius 3 is 2.72 bits per heavy atom. The highest BCUT2D eigenvalue weighted by atomic mass is 16.5. The molecular formula is C16H22O2. The summed E-state index contributed by atoms with van der Waals surface area (Å²) in [5, 5.41) is 0. The molecule has 0 bridgehead atoms. The van der Waals surface area contributed by atoms with Crippen molar-refractivity contribution in [2.75, 3.05) is 0 Å². The van der Waals surface area contributed by atoms with Crippen molar-refractivity contribution in [3.63, 3.8) is 0 Å². The minimum atomic E-state index is -0.520. The molecule has 18 heavy (non-hydrogen) atoms. The van der Waals surface area contributed by atoms with E-state index in [9.17, 15) is 4.79 Å². The number of Topliss-reactive ketones (excluding diaryl/α,β-unsaturated/α-hetero) is 1. The molecule has 0 radical (unpaired) electrons. The van der Waals surface area contributed by atoms with E-state index in [-0.39, 0.29) is 11.7 Å². The summed E-state index contributed by atoms with van der Waals surface area (Å²) in [6, 6.07) is 0. The number of carbonyl (C=O) groups is 1. The molecule has 98 valence electrons. The van der Waals surface area contributed by atoms with Crippen LogP contribution in [0.1, 0.15) is 34.1 Å². The summed E-state index contributed by atoms with van der Waals surface area (Å²) in [5.41, 5.74) is 0.702. The topological polar surface area (TPSA) is 26.3 Å². The average molecular weight is 246 g/mol. The van der Waals surface area contributed by atoms with Gasteiger partial charge in [0.1, 0.15) is 5.60 Å². The molecule has 1 aliphatic carbocycles. The van der Waals surface area contributed by atoms with Gasteiger partial charge in [-0.2, -0.15) is 0 Å². The first kappa shape index (κ1) is 14.5. The quantitative estimate of drug-likeness (QED) is 0.686. The SMILES string of the molecule is C=CC(C)(C)OC1=CC=CC(CC=C(C)C)C1=O. The fraction of sp³-hybridized carbons (Fsp3) is 0.438. The molecule has 0 N–H and O–H groups in total. The first-order chi connectivity index (χ1) is 8.35. The van der Waals surface area contributed by atoms with E-state index in [1.165, 1.54) is 5.57 Å². The summed E-state index contributed by atoms with van der Waals surface area (Å²) in [6.45, 7) is 11.5. The predicted molar refractivity (Wildman–Crippen MR) is 75.1 cm³/mol. The standard InChI is InChI=1S/C16H22O2/c1-6-16(4,5)18-14-9-7-8-13(15(14)17)11-10-12(2)3/h6-10,13H,1,11H2,2-5H3. The predicted octanol–water partition coefficient (Wildman–Crippen LogP) is 3.96. The third-order valence-electron chi connectivity index (χ3n) is 2.82. The summed E-state index contributed by atoms with van der Waals surface area (Å²) in [5.74, 6) is 0.361. The Bertz CT molecular complexity index is 418. The Morgan fingerprint density at radius 1 is 1.50 bits per heavy atom. The lowest BCUT2D eigenvalue weighted by molar-refractivity contribution is -0.123. The zero-order chi connectivity index (χ0) is 13.8. The Kier molecular flexibility index (Phi) is 4.71. The van der Waals surface area contributed by atoms with E-state index >= 15 is 0 Å². The molecule has 0 saturated carbocycles. The summed E-state index contributed by atoms with van der Waals surface area (Å²) >= 11 is 0. The lowest BCUT2D eigenvalue weighted by Crippen LogP contribution is -2.27. The molecular weight excluding hydrogens is 224 g/mol. The van der Waals surface area contributed by atoms with Gasteiger partial charge in [0.2, 0.25) is 5.78 Å². The van der Waals surface area contributed by atoms with Crippen LogP contribution >= 0.6 is 0 Å². The van der Waals surface area contributed by atoms with Crippen molar-refractivity contribution < 1.29 is 9.53 Å². The van der Waals surface area contributed by atoms with Crippen LogP contribution in [0, 0.1) is 5.92 Å². The maximum absolute atomic E-state index is 12.2. The van der Waals surface area contributed by atoms with Gasteiger partial charge in [0.25, 0.3) is 0 Å². The first-order valence-electron chi connectivity index (χ1n) is 6.24. The minimum Gasteiger partial charge on any atom is -0.480 e. The molecule has 0 fully saturated rings. The van der Waals surface area contributed by atoms with E-state index in [2.05, 4.69) is 12.7 Å². The van der Waals surface area contributed by atoms with Crippen LogP contribution in [0.3, 0.4) is 0 Å². The first-order valence-corrected chi connectivity index (χ1v) is 6.24. The molecule has 0 saturated heterocycles. The number of hydrogen-bond donors (Lipinski definition) is 0. The van der Waals surface area contributed by atoms with Gasteiger partial charge in [-0.3, -0.25) is 4.79 Å². The third-order valence-corrected chi connectivity index (χ3v) is 2.82. The van der Waals surface area contributed by atoms with E-state index in [0.717, 1.165) is 6.42 Å². The number of carbonyl (C=O) groups excluding carboxylic acids is 1. The smallest absolute Gasteiger partial charge is 0.204 e. The molecule has 0 aromatic heterocycles. The zero-order valence-corrected chi connectivity index (χ0v) is 11.7. The third kappa shape index (κ3) is 4.02. The minimum absolute atomic E-state index is 0.0462. The van der Waals surface area contributed by atoms with E-state index < -0.39 is 5.60 Å². The van der Waals surface area contributed by atoms with Crippen LogP contribution < -0.4 is 0 Å². The fourth-order valence-electron chi connectivity index (χ4n) is 1.59. The summed E-state index contributed by atoms with van der Waals surface area (Å²) in [4.78, 5) is 12.2. The number of ketones is 1. The van der Waals surface area contributed by atoms with Gasteiger partial charge in [0.05, 0.1) is 0 Å². The molecule has 2 nitrogen and oxygen atoms in total. The highest BCUT2D eigenvalue weighted by molar-refractivity contribution is 5.98. The van der Waals surface area contributed by atoms with Gasteiger partial charge in [-0.15, -0.1) is 0 Å². The summed E-state index contributed by atoms with van der Waals surface area (Å²) < 4.78 is 5.70. The van der Waals surface area contributed by atoms with Crippen LogP contribution in [0.15, 0.2) is 48.3 Å². The lowest BCUT2D eigenvalue weighted by Gasteiger charge is -2.26. The van der Waals surface area contributed by atoms with Gasteiger partial charge in [0, 0.05) is 5.92 Å². The Hall–Kier alpha value is -1.57. The van der Waals surface area contributed by atoms with Crippen LogP contribution in [0.2, 0.25) is 0 Å². The molecule has 1 unspecified atom stereocenters. The van der Waals surface area contributed by atoms with E-state index in [4.69, 9.17) is 4.74 Å². The molecule has 1 aliphatic rings. The molecule has 0 aromatic carbocycles. The lowest BCUT2D eigenvalue weighted by atomic mass is 9.93. The molecule has 1 rings (SSSR count). The molecule has 0 aliphatic heterocycles. The van der Waals surface area contributed by atoms with Gasteiger partial charge in [-0.05, 0) is 46.3 Å². The maximum atomic E-state index is 12.2. The second kappa shape index (κ2) is 5.85. The summed E-state index contributed by atoms with van der Waals surface area (Å²) in [7, 11) is 0. The Morgan fingerprint density at radius 2 is 2.17 bits per heavy atom. The highest BCUT2D eigenvalue weighted by Gasteiger charge is 2.26. The molecule has 0 spiro atoms. The highest BCUT2D eigenvalue weighted by Crippen LogP contribution is 2.24. The van der Waals surface area contributed by atoms with Gasteiger partial charge in [-0.25, -0.2) is 0 Å². The Labute approximate surface area is 110 Å². The second-order valence-electron chi connectivity index (χ2n) is 5.31. The van der Waals surface area contributed by atoms with Gasteiger partial charge < -0.3 is 4.74 Å². The average Bonchev–Trinajstić information content (AvgIpc) is 2.30. The van der Waals surface area contributed by atoms with E-state index in [1.807, 2.05) is 39.8 Å². The van der Waals surface area contributed by atoms with Crippen molar-refractivity contribution in [3.8, 4) is 0 Å². The van der Waals surface area contributed by atoms with Crippen molar-refractivity contribution in [3.05, 3.63) is 48.3 Å². The Balaban J connectivity index is 2.76. The van der Waals surface area contributed by atoms with Crippen LogP contribution in [-0.2, 0) is 9.53 Å². The van der Waals surface area contributed by atoms with Crippen molar-refractivity contribution >= 4 is 5.78 Å². The van der Waals surface area contributed by atoms with Crippen molar-refractivity contribution in [1.82, 2.24) is 0 Å². The largest absolute Gasteiger partial charge is 0.480 e. The van der Waals surface area contributed by atoms with Crippen LogP contribution in [0.25, 0.3) is 0 Å². The second-order valence-corrected chi connectivity index (χ2v) is 5.31. The number of hydrogen-bond acceptors (Lipinski definition) is 2. The van der Waals surface area contributed by atoms with Crippen molar-refractivity contribution in [2.45, 2.75) is 39.7 Å².